The Labute approximate surface area is 114 Å². The highest BCUT2D eigenvalue weighted by Crippen LogP contribution is 2.29. The van der Waals surface area contributed by atoms with Crippen LogP contribution in [0.3, 0.4) is 0 Å². The van der Waals surface area contributed by atoms with Crippen LogP contribution in [0.2, 0.25) is 0 Å². The van der Waals surface area contributed by atoms with Gasteiger partial charge in [-0.05, 0) is 41.4 Å². The van der Waals surface area contributed by atoms with Crippen LogP contribution in [-0.2, 0) is 0 Å². The second kappa shape index (κ2) is 4.99. The summed E-state index contributed by atoms with van der Waals surface area (Å²) in [5, 5.41) is 14.9. The lowest BCUT2D eigenvalue weighted by molar-refractivity contribution is 0.115. The van der Waals surface area contributed by atoms with Gasteiger partial charge in [0.15, 0.2) is 0 Å². The van der Waals surface area contributed by atoms with E-state index in [2.05, 4.69) is 31.2 Å². The van der Waals surface area contributed by atoms with E-state index < -0.39 is 6.10 Å². The SMILES string of the molecule is OC(c1c[nH]c2ncc(Br)cc12)C1CCCCN1. The molecular formula is C13H16BrN3O. The topological polar surface area (TPSA) is 60.9 Å². The summed E-state index contributed by atoms with van der Waals surface area (Å²) in [6.07, 6.45) is 6.55. The molecule has 0 spiro atoms. The van der Waals surface area contributed by atoms with Crippen LogP contribution in [-0.4, -0.2) is 27.7 Å². The number of aliphatic hydroxyl groups is 1. The molecule has 18 heavy (non-hydrogen) atoms. The lowest BCUT2D eigenvalue weighted by Crippen LogP contribution is -2.38. The Morgan fingerprint density at radius 1 is 1.44 bits per heavy atom. The Hall–Kier alpha value is -0.910. The molecule has 5 heteroatoms. The number of fused-ring (bicyclic) bond motifs is 1. The zero-order valence-corrected chi connectivity index (χ0v) is 11.6. The molecule has 0 radical (unpaired) electrons. The third kappa shape index (κ3) is 2.18. The van der Waals surface area contributed by atoms with E-state index in [1.807, 2.05) is 12.3 Å². The Balaban J connectivity index is 1.95. The summed E-state index contributed by atoms with van der Waals surface area (Å²) in [7, 11) is 0. The fourth-order valence-electron chi connectivity index (χ4n) is 2.61. The van der Waals surface area contributed by atoms with E-state index in [1.165, 1.54) is 12.8 Å². The number of aromatic nitrogens is 2. The molecule has 0 amide bonds. The normalized spacial score (nSPS) is 22.2. The second-order valence-electron chi connectivity index (χ2n) is 4.79. The number of hydrogen-bond acceptors (Lipinski definition) is 3. The van der Waals surface area contributed by atoms with Crippen molar-refractivity contribution in [3.05, 3.63) is 28.5 Å². The first-order chi connectivity index (χ1) is 8.75. The minimum Gasteiger partial charge on any atom is -0.387 e. The maximum absolute atomic E-state index is 10.5. The van der Waals surface area contributed by atoms with Crippen LogP contribution in [0.15, 0.2) is 22.9 Å². The molecule has 1 aliphatic rings. The van der Waals surface area contributed by atoms with Gasteiger partial charge >= 0.3 is 0 Å². The molecule has 4 nitrogen and oxygen atoms in total. The van der Waals surface area contributed by atoms with Gasteiger partial charge in [-0.1, -0.05) is 6.42 Å². The van der Waals surface area contributed by atoms with Gasteiger partial charge in [-0.15, -0.1) is 0 Å². The summed E-state index contributed by atoms with van der Waals surface area (Å²) in [6, 6.07) is 2.15. The number of nitrogens with one attached hydrogen (secondary N) is 2. The molecule has 0 aliphatic carbocycles. The minimum absolute atomic E-state index is 0.150. The molecule has 3 heterocycles. The van der Waals surface area contributed by atoms with Crippen molar-refractivity contribution in [3.63, 3.8) is 0 Å². The standard InChI is InChI=1S/C13H16BrN3O/c14-8-5-9-10(7-17-13(9)16-6-8)12(18)11-3-1-2-4-15-11/h5-7,11-12,15,18H,1-4H2,(H,16,17). The number of nitrogens with zero attached hydrogens (tertiary/aromatic N) is 1. The number of rotatable bonds is 2. The molecule has 1 aliphatic heterocycles. The highest BCUT2D eigenvalue weighted by Gasteiger charge is 2.24. The van der Waals surface area contributed by atoms with E-state index in [-0.39, 0.29) is 6.04 Å². The summed E-state index contributed by atoms with van der Waals surface area (Å²) in [5.74, 6) is 0. The highest BCUT2D eigenvalue weighted by molar-refractivity contribution is 9.10. The lowest BCUT2D eigenvalue weighted by atomic mass is 9.95. The monoisotopic (exact) mass is 309 g/mol. The zero-order chi connectivity index (χ0) is 12.5. The first-order valence-electron chi connectivity index (χ1n) is 6.29. The van der Waals surface area contributed by atoms with E-state index >= 15 is 0 Å². The number of aliphatic hydroxyl groups excluding tert-OH is 1. The number of aromatic amines is 1. The van der Waals surface area contributed by atoms with Gasteiger partial charge in [-0.25, -0.2) is 4.98 Å². The molecule has 0 saturated carbocycles. The van der Waals surface area contributed by atoms with Crippen molar-refractivity contribution in [2.45, 2.75) is 31.4 Å². The van der Waals surface area contributed by atoms with Gasteiger partial charge in [0.1, 0.15) is 5.65 Å². The van der Waals surface area contributed by atoms with Gasteiger partial charge in [0, 0.05) is 33.9 Å². The molecule has 1 fully saturated rings. The second-order valence-corrected chi connectivity index (χ2v) is 5.71. The summed E-state index contributed by atoms with van der Waals surface area (Å²) >= 11 is 3.42. The number of H-pyrrole nitrogens is 1. The summed E-state index contributed by atoms with van der Waals surface area (Å²) < 4.78 is 0.930. The molecule has 3 rings (SSSR count). The van der Waals surface area contributed by atoms with Crippen molar-refractivity contribution in [2.24, 2.45) is 0 Å². The number of hydrogen-bond donors (Lipinski definition) is 3. The van der Waals surface area contributed by atoms with Gasteiger partial charge in [0.05, 0.1) is 6.10 Å². The molecule has 96 valence electrons. The maximum Gasteiger partial charge on any atom is 0.137 e. The van der Waals surface area contributed by atoms with Crippen molar-refractivity contribution >= 4 is 27.0 Å². The molecular weight excluding hydrogens is 294 g/mol. The molecule has 2 aromatic rings. The van der Waals surface area contributed by atoms with Crippen LogP contribution in [0.4, 0.5) is 0 Å². The largest absolute Gasteiger partial charge is 0.387 e. The smallest absolute Gasteiger partial charge is 0.137 e. The fourth-order valence-corrected chi connectivity index (χ4v) is 2.94. The highest BCUT2D eigenvalue weighted by atomic mass is 79.9. The Bertz CT molecular complexity index is 548. The van der Waals surface area contributed by atoms with E-state index in [0.29, 0.717) is 0 Å². The minimum atomic E-state index is -0.477. The third-order valence-corrected chi connectivity index (χ3v) is 4.01. The summed E-state index contributed by atoms with van der Waals surface area (Å²) in [6.45, 7) is 0.992. The van der Waals surface area contributed by atoms with Crippen molar-refractivity contribution in [2.75, 3.05) is 6.54 Å². The van der Waals surface area contributed by atoms with E-state index in [4.69, 9.17) is 0 Å². The van der Waals surface area contributed by atoms with E-state index in [9.17, 15) is 5.11 Å². The van der Waals surface area contributed by atoms with Crippen LogP contribution in [0.5, 0.6) is 0 Å². The first-order valence-corrected chi connectivity index (χ1v) is 7.09. The maximum atomic E-state index is 10.5. The first kappa shape index (κ1) is 12.1. The predicted molar refractivity (Wildman–Crippen MR) is 74.4 cm³/mol. The van der Waals surface area contributed by atoms with Crippen LogP contribution in [0.25, 0.3) is 11.0 Å². The van der Waals surface area contributed by atoms with Crippen molar-refractivity contribution in [3.8, 4) is 0 Å². The Kier molecular flexibility index (Phi) is 3.37. The van der Waals surface area contributed by atoms with E-state index in [1.54, 1.807) is 6.20 Å². The Morgan fingerprint density at radius 3 is 3.11 bits per heavy atom. The molecule has 3 N–H and O–H groups in total. The molecule has 2 aromatic heterocycles. The summed E-state index contributed by atoms with van der Waals surface area (Å²) in [5.41, 5.74) is 1.75. The van der Waals surface area contributed by atoms with Crippen molar-refractivity contribution in [1.29, 1.82) is 0 Å². The van der Waals surface area contributed by atoms with Crippen LogP contribution < -0.4 is 5.32 Å². The van der Waals surface area contributed by atoms with Gasteiger partial charge < -0.3 is 15.4 Å². The van der Waals surface area contributed by atoms with E-state index in [0.717, 1.165) is 34.0 Å². The molecule has 1 saturated heterocycles. The van der Waals surface area contributed by atoms with Crippen LogP contribution in [0.1, 0.15) is 30.9 Å². The van der Waals surface area contributed by atoms with Crippen molar-refractivity contribution in [1.82, 2.24) is 15.3 Å². The Morgan fingerprint density at radius 2 is 2.33 bits per heavy atom. The van der Waals surface area contributed by atoms with Crippen LogP contribution in [0, 0.1) is 0 Å². The third-order valence-electron chi connectivity index (χ3n) is 3.58. The zero-order valence-electron chi connectivity index (χ0n) is 9.99. The lowest BCUT2D eigenvalue weighted by Gasteiger charge is -2.27. The quantitative estimate of drug-likeness (QED) is 0.799. The molecule has 0 bridgehead atoms. The average Bonchev–Trinajstić information content (AvgIpc) is 2.82. The number of pyridine rings is 1. The van der Waals surface area contributed by atoms with Gasteiger partial charge in [0.25, 0.3) is 0 Å². The molecule has 2 unspecified atom stereocenters. The van der Waals surface area contributed by atoms with Gasteiger partial charge in [0.2, 0.25) is 0 Å². The van der Waals surface area contributed by atoms with Crippen molar-refractivity contribution < 1.29 is 5.11 Å². The van der Waals surface area contributed by atoms with Gasteiger partial charge in [-0.2, -0.15) is 0 Å². The average molecular weight is 310 g/mol. The fraction of sp³-hybridized carbons (Fsp3) is 0.462. The number of halogens is 1. The molecule has 2 atom stereocenters. The molecule has 0 aromatic carbocycles. The predicted octanol–water partition coefficient (Wildman–Crippen LogP) is 2.50. The van der Waals surface area contributed by atoms with Gasteiger partial charge in [-0.3, -0.25) is 0 Å². The number of piperidine rings is 1. The summed E-state index contributed by atoms with van der Waals surface area (Å²) in [4.78, 5) is 7.41. The van der Waals surface area contributed by atoms with Crippen LogP contribution >= 0.6 is 15.9 Å².